The molecule has 5 nitrogen and oxygen atoms in total. The van der Waals surface area contributed by atoms with Gasteiger partial charge in [0.2, 0.25) is 5.91 Å². The van der Waals surface area contributed by atoms with Crippen molar-refractivity contribution < 1.29 is 14.3 Å². The summed E-state index contributed by atoms with van der Waals surface area (Å²) in [5.74, 6) is 0.205. The molecule has 1 heterocycles. The van der Waals surface area contributed by atoms with Crippen LogP contribution >= 0.6 is 0 Å². The average Bonchev–Trinajstić information content (AvgIpc) is 2.59. The summed E-state index contributed by atoms with van der Waals surface area (Å²) in [5, 5.41) is 2.84. The van der Waals surface area contributed by atoms with Crippen LogP contribution in [0.5, 0.6) is 5.75 Å². The van der Waals surface area contributed by atoms with E-state index in [4.69, 9.17) is 4.74 Å². The van der Waals surface area contributed by atoms with Gasteiger partial charge in [0.15, 0.2) is 6.10 Å². The fourth-order valence-electron chi connectivity index (χ4n) is 2.65. The van der Waals surface area contributed by atoms with Crippen molar-refractivity contribution in [1.29, 1.82) is 0 Å². The molecule has 24 heavy (non-hydrogen) atoms. The van der Waals surface area contributed by atoms with Crippen molar-refractivity contribution in [2.75, 3.05) is 11.9 Å². The van der Waals surface area contributed by atoms with Crippen LogP contribution in [-0.4, -0.2) is 25.0 Å². The van der Waals surface area contributed by atoms with Gasteiger partial charge in [-0.05, 0) is 24.6 Å². The number of anilines is 1. The minimum atomic E-state index is -0.789. The number of fused-ring (bicyclic) bond motifs is 1. The lowest BCUT2D eigenvalue weighted by atomic mass is 10.1. The van der Waals surface area contributed by atoms with Crippen LogP contribution in [0, 0.1) is 6.92 Å². The Morgan fingerprint density at radius 2 is 1.88 bits per heavy atom. The summed E-state index contributed by atoms with van der Waals surface area (Å²) in [4.78, 5) is 26.0. The number of nitrogens with zero attached hydrogens (tertiary/aromatic N) is 1. The van der Waals surface area contributed by atoms with Crippen molar-refractivity contribution in [2.45, 2.75) is 26.0 Å². The fourth-order valence-corrected chi connectivity index (χ4v) is 2.65. The molecule has 2 aromatic carbocycles. The van der Waals surface area contributed by atoms with Crippen molar-refractivity contribution in [3.8, 4) is 5.75 Å². The number of likely N-dealkylation sites (N-methyl/N-ethyl adjacent to an activating group) is 1. The maximum Gasteiger partial charge on any atom is 0.268 e. The Hall–Kier alpha value is -2.82. The molecule has 0 aliphatic carbocycles. The Morgan fingerprint density at radius 1 is 1.17 bits per heavy atom. The highest BCUT2D eigenvalue weighted by molar-refractivity contribution is 6.01. The molecular formula is C19H20N2O3. The molecule has 0 spiro atoms. The standard InChI is InChI=1S/C19H20N2O3/c1-13-7-9-14(10-8-13)12-20-18(22)11-17-19(23)21(2)15-5-3-4-6-16(15)24-17/h3-10,17H,11-12H2,1-2H3,(H,20,22). The van der Waals surface area contributed by atoms with E-state index in [1.54, 1.807) is 13.1 Å². The Kier molecular flexibility index (Phi) is 4.51. The van der Waals surface area contributed by atoms with Crippen LogP contribution in [0.4, 0.5) is 5.69 Å². The van der Waals surface area contributed by atoms with Gasteiger partial charge in [0.25, 0.3) is 5.91 Å². The Labute approximate surface area is 141 Å². The van der Waals surface area contributed by atoms with Crippen LogP contribution in [0.15, 0.2) is 48.5 Å². The number of aryl methyl sites for hydroxylation is 1. The van der Waals surface area contributed by atoms with Crippen LogP contribution in [0.3, 0.4) is 0 Å². The van der Waals surface area contributed by atoms with Gasteiger partial charge < -0.3 is 15.0 Å². The lowest BCUT2D eigenvalue weighted by Crippen LogP contribution is -2.46. The van der Waals surface area contributed by atoms with E-state index in [0.29, 0.717) is 12.3 Å². The number of para-hydroxylation sites is 2. The van der Waals surface area contributed by atoms with E-state index in [1.807, 2.05) is 49.4 Å². The van der Waals surface area contributed by atoms with Crippen LogP contribution in [0.25, 0.3) is 0 Å². The summed E-state index contributed by atoms with van der Waals surface area (Å²) >= 11 is 0. The zero-order valence-corrected chi connectivity index (χ0v) is 13.8. The lowest BCUT2D eigenvalue weighted by molar-refractivity contribution is -0.132. The summed E-state index contributed by atoms with van der Waals surface area (Å²) in [6, 6.07) is 15.3. The van der Waals surface area contributed by atoms with Gasteiger partial charge in [-0.2, -0.15) is 0 Å². The summed E-state index contributed by atoms with van der Waals surface area (Å²) in [7, 11) is 1.70. The SMILES string of the molecule is Cc1ccc(CNC(=O)CC2Oc3ccccc3N(C)C2=O)cc1. The largest absolute Gasteiger partial charge is 0.478 e. The van der Waals surface area contributed by atoms with Crippen molar-refractivity contribution in [3.63, 3.8) is 0 Å². The number of rotatable bonds is 4. The normalized spacial score (nSPS) is 16.3. The molecular weight excluding hydrogens is 304 g/mol. The van der Waals surface area contributed by atoms with E-state index >= 15 is 0 Å². The number of carbonyl (C=O) groups excluding carboxylic acids is 2. The van der Waals surface area contributed by atoms with Gasteiger partial charge in [-0.15, -0.1) is 0 Å². The molecule has 0 radical (unpaired) electrons. The van der Waals surface area contributed by atoms with Gasteiger partial charge in [-0.1, -0.05) is 42.0 Å². The second-order valence-corrected chi connectivity index (χ2v) is 5.94. The third-order valence-corrected chi connectivity index (χ3v) is 4.08. The minimum Gasteiger partial charge on any atom is -0.478 e. The molecule has 2 aromatic rings. The Morgan fingerprint density at radius 3 is 2.62 bits per heavy atom. The third-order valence-electron chi connectivity index (χ3n) is 4.08. The summed E-state index contributed by atoms with van der Waals surface area (Å²) < 4.78 is 5.70. The number of carbonyl (C=O) groups is 2. The molecule has 0 fully saturated rings. The number of hydrogen-bond acceptors (Lipinski definition) is 3. The molecule has 1 atom stereocenters. The topological polar surface area (TPSA) is 58.6 Å². The van der Waals surface area contributed by atoms with E-state index in [9.17, 15) is 9.59 Å². The predicted molar refractivity (Wildman–Crippen MR) is 91.9 cm³/mol. The maximum absolute atomic E-state index is 12.4. The molecule has 1 aliphatic heterocycles. The highest BCUT2D eigenvalue weighted by atomic mass is 16.5. The molecule has 0 saturated carbocycles. The van der Waals surface area contributed by atoms with E-state index in [2.05, 4.69) is 5.32 Å². The molecule has 1 N–H and O–H groups in total. The van der Waals surface area contributed by atoms with Crippen molar-refractivity contribution in [1.82, 2.24) is 5.32 Å². The zero-order chi connectivity index (χ0) is 17.1. The van der Waals surface area contributed by atoms with E-state index in [-0.39, 0.29) is 18.2 Å². The number of amides is 2. The van der Waals surface area contributed by atoms with Crippen LogP contribution in [0.1, 0.15) is 17.5 Å². The Balaban J connectivity index is 1.60. The number of nitrogens with one attached hydrogen (secondary N) is 1. The Bertz CT molecular complexity index is 755. The van der Waals surface area contributed by atoms with Crippen molar-refractivity contribution in [2.24, 2.45) is 0 Å². The van der Waals surface area contributed by atoms with Gasteiger partial charge >= 0.3 is 0 Å². The lowest BCUT2D eigenvalue weighted by Gasteiger charge is -2.31. The van der Waals surface area contributed by atoms with Gasteiger partial charge in [0.05, 0.1) is 12.1 Å². The smallest absolute Gasteiger partial charge is 0.268 e. The summed E-state index contributed by atoms with van der Waals surface area (Å²) in [6.45, 7) is 2.45. The van der Waals surface area contributed by atoms with Gasteiger partial charge in [-0.3, -0.25) is 9.59 Å². The highest BCUT2D eigenvalue weighted by Crippen LogP contribution is 2.33. The van der Waals surface area contributed by atoms with Crippen LogP contribution < -0.4 is 15.0 Å². The molecule has 1 unspecified atom stereocenters. The number of ether oxygens (including phenoxy) is 1. The fraction of sp³-hybridized carbons (Fsp3) is 0.263. The molecule has 124 valence electrons. The van der Waals surface area contributed by atoms with Crippen LogP contribution in [0.2, 0.25) is 0 Å². The summed E-state index contributed by atoms with van der Waals surface area (Å²) in [5.41, 5.74) is 2.92. The van der Waals surface area contributed by atoms with Gasteiger partial charge in [0, 0.05) is 13.6 Å². The first-order chi connectivity index (χ1) is 11.5. The van der Waals surface area contributed by atoms with Crippen LogP contribution in [-0.2, 0) is 16.1 Å². The predicted octanol–water partition coefficient (Wildman–Crippen LogP) is 2.43. The first-order valence-corrected chi connectivity index (χ1v) is 7.90. The molecule has 5 heteroatoms. The number of benzene rings is 2. The molecule has 3 rings (SSSR count). The monoisotopic (exact) mass is 324 g/mol. The number of hydrogen-bond donors (Lipinski definition) is 1. The molecule has 0 bridgehead atoms. The van der Waals surface area contributed by atoms with Crippen molar-refractivity contribution >= 4 is 17.5 Å². The van der Waals surface area contributed by atoms with Crippen molar-refractivity contribution in [3.05, 3.63) is 59.7 Å². The van der Waals surface area contributed by atoms with Gasteiger partial charge in [0.1, 0.15) is 5.75 Å². The van der Waals surface area contributed by atoms with E-state index in [1.165, 1.54) is 10.5 Å². The summed E-state index contributed by atoms with van der Waals surface area (Å²) in [6.07, 6.45) is -0.786. The second kappa shape index (κ2) is 6.74. The maximum atomic E-state index is 12.4. The highest BCUT2D eigenvalue weighted by Gasteiger charge is 2.33. The molecule has 1 aliphatic rings. The first-order valence-electron chi connectivity index (χ1n) is 7.90. The molecule has 0 aromatic heterocycles. The average molecular weight is 324 g/mol. The first kappa shape index (κ1) is 16.1. The zero-order valence-electron chi connectivity index (χ0n) is 13.8. The second-order valence-electron chi connectivity index (χ2n) is 5.94. The van der Waals surface area contributed by atoms with E-state index in [0.717, 1.165) is 11.3 Å². The quantitative estimate of drug-likeness (QED) is 0.940. The molecule has 0 saturated heterocycles. The third kappa shape index (κ3) is 3.40. The van der Waals surface area contributed by atoms with Gasteiger partial charge in [-0.25, -0.2) is 0 Å². The minimum absolute atomic E-state index is 0.00334. The van der Waals surface area contributed by atoms with E-state index < -0.39 is 6.10 Å². The molecule has 2 amide bonds.